The van der Waals surface area contributed by atoms with Crippen molar-refractivity contribution in [3.8, 4) is 6.07 Å². The summed E-state index contributed by atoms with van der Waals surface area (Å²) in [6, 6.07) is 15.6. The molecule has 0 aliphatic rings. The van der Waals surface area contributed by atoms with E-state index in [9.17, 15) is 9.59 Å². The number of amides is 1. The number of nitriles is 1. The molecule has 0 saturated carbocycles. The van der Waals surface area contributed by atoms with Gasteiger partial charge in [-0.1, -0.05) is 29.3 Å². The molecular weight excluding hydrogens is 340 g/mol. The summed E-state index contributed by atoms with van der Waals surface area (Å²) in [5, 5.41) is 9.30. The van der Waals surface area contributed by atoms with Crippen LogP contribution in [0.3, 0.4) is 0 Å². The average Bonchev–Trinajstić information content (AvgIpc) is 2.62. The highest BCUT2D eigenvalue weighted by atomic mass is 35.5. The van der Waals surface area contributed by atoms with Crippen molar-refractivity contribution in [1.82, 2.24) is 0 Å². The van der Waals surface area contributed by atoms with Crippen molar-refractivity contribution in [2.24, 2.45) is 0 Å². The van der Waals surface area contributed by atoms with E-state index < -0.39 is 12.6 Å². The fraction of sp³-hybridized carbons (Fsp3) is 0.211. The molecule has 0 aromatic heterocycles. The summed E-state index contributed by atoms with van der Waals surface area (Å²) in [4.78, 5) is 25.9. The van der Waals surface area contributed by atoms with Crippen molar-refractivity contribution >= 4 is 29.2 Å². The van der Waals surface area contributed by atoms with Crippen molar-refractivity contribution < 1.29 is 14.3 Å². The Morgan fingerprint density at radius 3 is 2.36 bits per heavy atom. The molecule has 0 heterocycles. The third kappa shape index (κ3) is 5.33. The van der Waals surface area contributed by atoms with Gasteiger partial charge in [0.2, 0.25) is 0 Å². The van der Waals surface area contributed by atoms with Crippen molar-refractivity contribution in [1.29, 1.82) is 5.26 Å². The summed E-state index contributed by atoms with van der Waals surface area (Å²) in [5.41, 5.74) is 2.04. The van der Waals surface area contributed by atoms with Gasteiger partial charge in [0, 0.05) is 17.3 Å². The van der Waals surface area contributed by atoms with Crippen molar-refractivity contribution in [3.05, 3.63) is 64.7 Å². The summed E-state index contributed by atoms with van der Waals surface area (Å²) in [7, 11) is 0. The number of nitrogens with zero attached hydrogens (tertiary/aromatic N) is 2. The SMILES string of the molecule is Cc1ccc(N(CCC#N)C(=O)COC(=O)c2ccc(Cl)cc2)cc1. The number of aryl methyl sites for hydroxylation is 1. The minimum Gasteiger partial charge on any atom is -0.452 e. The van der Waals surface area contributed by atoms with Crippen LogP contribution >= 0.6 is 11.6 Å². The van der Waals surface area contributed by atoms with Crippen LogP contribution in [0, 0.1) is 18.3 Å². The van der Waals surface area contributed by atoms with E-state index in [0.29, 0.717) is 16.3 Å². The number of hydrogen-bond acceptors (Lipinski definition) is 4. The van der Waals surface area contributed by atoms with E-state index in [-0.39, 0.29) is 18.9 Å². The third-order valence-corrected chi connectivity index (χ3v) is 3.75. The molecule has 0 aliphatic carbocycles. The first-order valence-electron chi connectivity index (χ1n) is 7.68. The fourth-order valence-electron chi connectivity index (χ4n) is 2.16. The molecule has 0 bridgehead atoms. The summed E-state index contributed by atoms with van der Waals surface area (Å²) in [6.07, 6.45) is 0.185. The molecule has 5 nitrogen and oxygen atoms in total. The normalized spacial score (nSPS) is 9.96. The molecule has 2 rings (SSSR count). The summed E-state index contributed by atoms with van der Waals surface area (Å²) < 4.78 is 5.08. The topological polar surface area (TPSA) is 70.4 Å². The quantitative estimate of drug-likeness (QED) is 0.739. The summed E-state index contributed by atoms with van der Waals surface area (Å²) >= 11 is 5.77. The number of carbonyl (C=O) groups is 2. The number of benzene rings is 2. The van der Waals surface area contributed by atoms with Gasteiger partial charge in [-0.15, -0.1) is 0 Å². The fourth-order valence-corrected chi connectivity index (χ4v) is 2.28. The highest BCUT2D eigenvalue weighted by molar-refractivity contribution is 6.30. The zero-order chi connectivity index (χ0) is 18.2. The minimum atomic E-state index is -0.603. The van der Waals surface area contributed by atoms with Crippen LogP contribution in [0.5, 0.6) is 0 Å². The minimum absolute atomic E-state index is 0.185. The van der Waals surface area contributed by atoms with Gasteiger partial charge < -0.3 is 9.64 Å². The molecule has 0 aliphatic heterocycles. The zero-order valence-corrected chi connectivity index (χ0v) is 14.5. The van der Waals surface area contributed by atoms with Gasteiger partial charge in [0.1, 0.15) is 0 Å². The number of hydrogen-bond donors (Lipinski definition) is 0. The molecule has 6 heteroatoms. The number of rotatable bonds is 6. The first-order chi connectivity index (χ1) is 12.0. The Balaban J connectivity index is 2.03. The molecular formula is C19H17ClN2O3. The van der Waals surface area contributed by atoms with E-state index in [1.54, 1.807) is 24.3 Å². The molecule has 128 valence electrons. The van der Waals surface area contributed by atoms with E-state index >= 15 is 0 Å². The maximum Gasteiger partial charge on any atom is 0.338 e. The molecule has 0 saturated heterocycles. The lowest BCUT2D eigenvalue weighted by atomic mass is 10.2. The van der Waals surface area contributed by atoms with Crippen LogP contribution in [0.1, 0.15) is 22.3 Å². The molecule has 25 heavy (non-hydrogen) atoms. The van der Waals surface area contributed by atoms with Crippen molar-refractivity contribution in [2.75, 3.05) is 18.1 Å². The largest absolute Gasteiger partial charge is 0.452 e. The smallest absolute Gasteiger partial charge is 0.338 e. The maximum atomic E-state index is 12.4. The van der Waals surface area contributed by atoms with Crippen LogP contribution in [-0.4, -0.2) is 25.0 Å². The molecule has 0 fully saturated rings. The molecule has 0 unspecified atom stereocenters. The van der Waals surface area contributed by atoms with Gasteiger partial charge in [-0.05, 0) is 43.3 Å². The first kappa shape index (κ1) is 18.5. The van der Waals surface area contributed by atoms with Crippen LogP contribution in [0.4, 0.5) is 5.69 Å². The highest BCUT2D eigenvalue weighted by Crippen LogP contribution is 2.16. The number of halogens is 1. The van der Waals surface area contributed by atoms with Gasteiger partial charge in [-0.3, -0.25) is 4.79 Å². The predicted molar refractivity (Wildman–Crippen MR) is 95.5 cm³/mol. The van der Waals surface area contributed by atoms with Gasteiger partial charge in [-0.25, -0.2) is 4.79 Å². The molecule has 0 radical (unpaired) electrons. The number of esters is 1. The van der Waals surface area contributed by atoms with Gasteiger partial charge >= 0.3 is 5.97 Å². The average molecular weight is 357 g/mol. The Morgan fingerprint density at radius 1 is 1.12 bits per heavy atom. The Kier molecular flexibility index (Phi) is 6.55. The second kappa shape index (κ2) is 8.86. The highest BCUT2D eigenvalue weighted by Gasteiger charge is 2.18. The number of anilines is 1. The Morgan fingerprint density at radius 2 is 1.76 bits per heavy atom. The second-order valence-corrected chi connectivity index (χ2v) is 5.81. The number of carbonyl (C=O) groups excluding carboxylic acids is 2. The standard InChI is InChI=1S/C19H17ClN2O3/c1-14-3-9-17(10-4-14)22(12-2-11-21)18(23)13-25-19(24)15-5-7-16(20)8-6-15/h3-10H,2,12-13H2,1H3. The zero-order valence-electron chi connectivity index (χ0n) is 13.7. The van der Waals surface area contributed by atoms with Crippen LogP contribution in [-0.2, 0) is 9.53 Å². The molecule has 2 aromatic carbocycles. The van der Waals surface area contributed by atoms with Crippen molar-refractivity contribution in [3.63, 3.8) is 0 Å². The van der Waals surface area contributed by atoms with Crippen LogP contribution in [0.25, 0.3) is 0 Å². The third-order valence-electron chi connectivity index (χ3n) is 3.50. The molecule has 0 atom stereocenters. The van der Waals surface area contributed by atoms with Gasteiger partial charge in [0.15, 0.2) is 6.61 Å². The molecule has 1 amide bonds. The number of ether oxygens (including phenoxy) is 1. The lowest BCUT2D eigenvalue weighted by Crippen LogP contribution is -2.35. The first-order valence-corrected chi connectivity index (χ1v) is 8.05. The van der Waals surface area contributed by atoms with Crippen LogP contribution in [0.15, 0.2) is 48.5 Å². The molecule has 0 N–H and O–H groups in total. The molecule has 0 spiro atoms. The molecule has 2 aromatic rings. The van der Waals surface area contributed by atoms with Gasteiger partial charge in [-0.2, -0.15) is 5.26 Å². The van der Waals surface area contributed by atoms with E-state index in [1.165, 1.54) is 17.0 Å². The Bertz CT molecular complexity index is 780. The lowest BCUT2D eigenvalue weighted by Gasteiger charge is -2.21. The Hall–Kier alpha value is -2.84. The van der Waals surface area contributed by atoms with E-state index in [4.69, 9.17) is 21.6 Å². The van der Waals surface area contributed by atoms with Gasteiger partial charge in [0.25, 0.3) is 5.91 Å². The van der Waals surface area contributed by atoms with Gasteiger partial charge in [0.05, 0.1) is 18.1 Å². The summed E-state index contributed by atoms with van der Waals surface area (Å²) in [6.45, 7) is 1.77. The predicted octanol–water partition coefficient (Wildman–Crippen LogP) is 3.75. The maximum absolute atomic E-state index is 12.4. The van der Waals surface area contributed by atoms with E-state index in [1.807, 2.05) is 25.1 Å². The second-order valence-electron chi connectivity index (χ2n) is 5.37. The van der Waals surface area contributed by atoms with E-state index in [2.05, 4.69) is 0 Å². The lowest BCUT2D eigenvalue weighted by molar-refractivity contribution is -0.121. The van der Waals surface area contributed by atoms with Crippen molar-refractivity contribution in [2.45, 2.75) is 13.3 Å². The van der Waals surface area contributed by atoms with Crippen LogP contribution < -0.4 is 4.90 Å². The monoisotopic (exact) mass is 356 g/mol. The summed E-state index contributed by atoms with van der Waals surface area (Å²) in [5.74, 6) is -0.990. The van der Waals surface area contributed by atoms with Crippen LogP contribution in [0.2, 0.25) is 5.02 Å². The Labute approximate surface area is 151 Å². The van der Waals surface area contributed by atoms with E-state index in [0.717, 1.165) is 5.56 Å².